The molecule has 0 saturated heterocycles. The maximum atomic E-state index is 5.16. The number of hydrogen-bond acceptors (Lipinski definition) is 1. The summed E-state index contributed by atoms with van der Waals surface area (Å²) in [6.45, 7) is 8.06. The van der Waals surface area contributed by atoms with Crippen LogP contribution in [0.5, 0.6) is 0 Å². The van der Waals surface area contributed by atoms with Gasteiger partial charge in [0.1, 0.15) is 0 Å². The van der Waals surface area contributed by atoms with Crippen molar-refractivity contribution in [1.29, 1.82) is 0 Å². The minimum Gasteiger partial charge on any atom is -0.504 e. The summed E-state index contributed by atoms with van der Waals surface area (Å²) in [6.07, 6.45) is 7.51. The van der Waals surface area contributed by atoms with Gasteiger partial charge < -0.3 is 4.74 Å². The summed E-state index contributed by atoms with van der Waals surface area (Å²) in [6, 6.07) is 10.4. The van der Waals surface area contributed by atoms with Gasteiger partial charge in [-0.1, -0.05) is 69.0 Å². The second-order valence-corrected chi connectivity index (χ2v) is 4.39. The third-order valence-corrected chi connectivity index (χ3v) is 2.87. The van der Waals surface area contributed by atoms with Crippen LogP contribution in [0.3, 0.4) is 0 Å². The third kappa shape index (κ3) is 3.35. The molecular formula is C16H20O. The molecule has 0 heterocycles. The van der Waals surface area contributed by atoms with E-state index in [2.05, 4.69) is 44.7 Å². The molecule has 90 valence electrons. The first kappa shape index (κ1) is 13.3. The van der Waals surface area contributed by atoms with Gasteiger partial charge in [0, 0.05) is 5.41 Å². The molecular weight excluding hydrogens is 208 g/mol. The van der Waals surface area contributed by atoms with Crippen LogP contribution in [0, 0.1) is 0 Å². The molecule has 1 rings (SSSR count). The van der Waals surface area contributed by atoms with Crippen molar-refractivity contribution in [2.45, 2.75) is 19.3 Å². The fourth-order valence-corrected chi connectivity index (χ4v) is 1.72. The Labute approximate surface area is 104 Å². The average Bonchev–Trinajstić information content (AvgIpc) is 2.35. The molecule has 0 spiro atoms. The number of methoxy groups -OCH3 is 1. The first-order chi connectivity index (χ1) is 8.12. The van der Waals surface area contributed by atoms with Crippen molar-refractivity contribution in [3.63, 3.8) is 0 Å². The van der Waals surface area contributed by atoms with Crippen molar-refractivity contribution in [3.05, 3.63) is 72.5 Å². The van der Waals surface area contributed by atoms with Gasteiger partial charge in [-0.15, -0.1) is 0 Å². The standard InChI is InChI=1S/C16H20O/c1-5-6-10-15(13-17-4)16(2,3)14-11-8-7-9-12-14/h5-13H,1H2,2-4H3/b10-6-,15-13+. The predicted octanol–water partition coefficient (Wildman–Crippen LogP) is 4.24. The minimum absolute atomic E-state index is 0.0865. The second-order valence-electron chi connectivity index (χ2n) is 4.39. The maximum absolute atomic E-state index is 5.16. The molecule has 0 radical (unpaired) electrons. The van der Waals surface area contributed by atoms with E-state index >= 15 is 0 Å². The van der Waals surface area contributed by atoms with Crippen molar-refractivity contribution in [2.75, 3.05) is 7.11 Å². The van der Waals surface area contributed by atoms with Crippen molar-refractivity contribution >= 4 is 0 Å². The van der Waals surface area contributed by atoms with Crippen molar-refractivity contribution < 1.29 is 4.74 Å². The van der Waals surface area contributed by atoms with Gasteiger partial charge in [0.05, 0.1) is 13.4 Å². The van der Waals surface area contributed by atoms with E-state index in [-0.39, 0.29) is 5.41 Å². The molecule has 1 nitrogen and oxygen atoms in total. The molecule has 0 bridgehead atoms. The number of ether oxygens (including phenoxy) is 1. The lowest BCUT2D eigenvalue weighted by Gasteiger charge is -2.26. The molecule has 1 aromatic carbocycles. The largest absolute Gasteiger partial charge is 0.504 e. The smallest absolute Gasteiger partial charge is 0.0865 e. The molecule has 0 aliphatic carbocycles. The number of rotatable bonds is 5. The Kier molecular flexibility index (Phi) is 4.77. The highest BCUT2D eigenvalue weighted by Crippen LogP contribution is 2.32. The second kappa shape index (κ2) is 6.09. The zero-order chi connectivity index (χ0) is 12.7. The molecule has 1 heteroatoms. The molecule has 0 saturated carbocycles. The van der Waals surface area contributed by atoms with Gasteiger partial charge in [0.15, 0.2) is 0 Å². The zero-order valence-corrected chi connectivity index (χ0v) is 10.8. The molecule has 17 heavy (non-hydrogen) atoms. The van der Waals surface area contributed by atoms with Crippen LogP contribution in [0.2, 0.25) is 0 Å². The van der Waals surface area contributed by atoms with Gasteiger partial charge in [0.2, 0.25) is 0 Å². The van der Waals surface area contributed by atoms with Gasteiger partial charge in [-0.3, -0.25) is 0 Å². The van der Waals surface area contributed by atoms with Crippen LogP contribution < -0.4 is 0 Å². The Bertz CT molecular complexity index is 410. The van der Waals surface area contributed by atoms with Crippen molar-refractivity contribution in [3.8, 4) is 0 Å². The highest BCUT2D eigenvalue weighted by Gasteiger charge is 2.24. The Morgan fingerprint density at radius 3 is 2.41 bits per heavy atom. The number of hydrogen-bond donors (Lipinski definition) is 0. The quantitative estimate of drug-likeness (QED) is 0.541. The fraction of sp³-hybridized carbons (Fsp3) is 0.250. The lowest BCUT2D eigenvalue weighted by Crippen LogP contribution is -2.19. The van der Waals surface area contributed by atoms with Crippen LogP contribution in [0.25, 0.3) is 0 Å². The maximum Gasteiger partial charge on any atom is 0.0865 e. The molecule has 0 fully saturated rings. The summed E-state index contributed by atoms with van der Waals surface area (Å²) in [7, 11) is 1.67. The molecule has 0 amide bonds. The van der Waals surface area contributed by atoms with Crippen LogP contribution in [-0.2, 0) is 10.2 Å². The van der Waals surface area contributed by atoms with E-state index in [0.717, 1.165) is 5.57 Å². The lowest BCUT2D eigenvalue weighted by molar-refractivity contribution is 0.329. The van der Waals surface area contributed by atoms with E-state index in [4.69, 9.17) is 4.74 Å². The van der Waals surface area contributed by atoms with Gasteiger partial charge in [0.25, 0.3) is 0 Å². The summed E-state index contributed by atoms with van der Waals surface area (Å²) in [5.74, 6) is 0. The monoisotopic (exact) mass is 228 g/mol. The lowest BCUT2D eigenvalue weighted by atomic mass is 9.78. The van der Waals surface area contributed by atoms with Gasteiger partial charge >= 0.3 is 0 Å². The summed E-state index contributed by atoms with van der Waals surface area (Å²) >= 11 is 0. The van der Waals surface area contributed by atoms with E-state index in [1.807, 2.05) is 18.2 Å². The molecule has 0 aliphatic rings. The van der Waals surface area contributed by atoms with Crippen LogP contribution in [-0.4, -0.2) is 7.11 Å². The Balaban J connectivity index is 3.13. The van der Waals surface area contributed by atoms with Crippen LogP contribution >= 0.6 is 0 Å². The predicted molar refractivity (Wildman–Crippen MR) is 73.9 cm³/mol. The highest BCUT2D eigenvalue weighted by atomic mass is 16.5. The van der Waals surface area contributed by atoms with Gasteiger partial charge in [-0.25, -0.2) is 0 Å². The molecule has 1 aromatic rings. The van der Waals surface area contributed by atoms with Crippen molar-refractivity contribution in [1.82, 2.24) is 0 Å². The summed E-state index contributed by atoms with van der Waals surface area (Å²) in [5.41, 5.74) is 2.29. The van der Waals surface area contributed by atoms with Crippen LogP contribution in [0.1, 0.15) is 19.4 Å². The highest BCUT2D eigenvalue weighted by molar-refractivity contribution is 5.39. The van der Waals surface area contributed by atoms with Crippen LogP contribution in [0.4, 0.5) is 0 Å². The molecule has 0 aliphatic heterocycles. The van der Waals surface area contributed by atoms with E-state index in [1.54, 1.807) is 19.4 Å². The van der Waals surface area contributed by atoms with E-state index in [9.17, 15) is 0 Å². The normalized spacial score (nSPS) is 12.8. The molecule has 0 atom stereocenters. The summed E-state index contributed by atoms with van der Waals surface area (Å²) in [5, 5.41) is 0. The third-order valence-electron chi connectivity index (χ3n) is 2.87. The number of benzene rings is 1. The average molecular weight is 228 g/mol. The summed E-state index contributed by atoms with van der Waals surface area (Å²) in [4.78, 5) is 0. The van der Waals surface area contributed by atoms with Crippen molar-refractivity contribution in [2.24, 2.45) is 0 Å². The van der Waals surface area contributed by atoms with E-state index in [1.165, 1.54) is 5.56 Å². The van der Waals surface area contributed by atoms with E-state index < -0.39 is 0 Å². The number of allylic oxidation sites excluding steroid dienone is 4. The minimum atomic E-state index is -0.0865. The topological polar surface area (TPSA) is 9.23 Å². The first-order valence-electron chi connectivity index (χ1n) is 5.71. The molecule has 0 unspecified atom stereocenters. The van der Waals surface area contributed by atoms with Crippen LogP contribution in [0.15, 0.2) is 67.0 Å². The van der Waals surface area contributed by atoms with E-state index in [0.29, 0.717) is 0 Å². The Morgan fingerprint density at radius 2 is 1.88 bits per heavy atom. The summed E-state index contributed by atoms with van der Waals surface area (Å²) < 4.78 is 5.16. The first-order valence-corrected chi connectivity index (χ1v) is 5.71. The SMILES string of the molecule is C=C/C=C\C(=C/OC)C(C)(C)c1ccccc1. The van der Waals surface area contributed by atoms with Gasteiger partial charge in [-0.05, 0) is 11.1 Å². The Hall–Kier alpha value is -1.76. The Morgan fingerprint density at radius 1 is 1.24 bits per heavy atom. The zero-order valence-electron chi connectivity index (χ0n) is 10.8. The van der Waals surface area contributed by atoms with Gasteiger partial charge in [-0.2, -0.15) is 0 Å². The fourth-order valence-electron chi connectivity index (χ4n) is 1.72. The molecule has 0 aromatic heterocycles. The molecule has 0 N–H and O–H groups in total.